The third-order valence-corrected chi connectivity index (χ3v) is 6.10. The molecule has 1 saturated heterocycles. The fraction of sp³-hybridized carbons (Fsp3) is 0.316. The Morgan fingerprint density at radius 3 is 2.71 bits per heavy atom. The average Bonchev–Trinajstić information content (AvgIpc) is 3.36. The van der Waals surface area contributed by atoms with E-state index in [1.54, 1.807) is 18.2 Å². The molecule has 1 atom stereocenters. The van der Waals surface area contributed by atoms with E-state index in [4.69, 9.17) is 38.7 Å². The number of ether oxygens (including phenoxy) is 1. The molecule has 1 amide bonds. The van der Waals surface area contributed by atoms with Crippen LogP contribution in [0.5, 0.6) is 0 Å². The van der Waals surface area contributed by atoms with Gasteiger partial charge in [0, 0.05) is 29.8 Å². The smallest absolute Gasteiger partial charge is 0.250 e. The van der Waals surface area contributed by atoms with Gasteiger partial charge in [-0.1, -0.05) is 23.2 Å². The van der Waals surface area contributed by atoms with Gasteiger partial charge in [0.05, 0.1) is 23.1 Å². The van der Waals surface area contributed by atoms with Crippen LogP contribution in [-0.2, 0) is 11.3 Å². The molecule has 9 heteroatoms. The fourth-order valence-corrected chi connectivity index (χ4v) is 4.71. The Labute approximate surface area is 176 Å². The van der Waals surface area contributed by atoms with Crippen LogP contribution in [0.25, 0.3) is 22.0 Å². The number of halogens is 2. The minimum atomic E-state index is -0.451. The molecule has 6 nitrogen and oxygen atoms in total. The highest BCUT2D eigenvalue weighted by molar-refractivity contribution is 7.13. The lowest BCUT2D eigenvalue weighted by Crippen LogP contribution is -2.18. The van der Waals surface area contributed by atoms with E-state index in [0.29, 0.717) is 22.4 Å². The van der Waals surface area contributed by atoms with Crippen LogP contribution in [0.15, 0.2) is 23.6 Å². The normalized spacial score (nSPS) is 16.6. The third kappa shape index (κ3) is 3.80. The van der Waals surface area contributed by atoms with Gasteiger partial charge in [0.25, 0.3) is 5.91 Å². The van der Waals surface area contributed by atoms with Crippen molar-refractivity contribution in [1.82, 2.24) is 14.5 Å². The molecule has 3 aromatic heterocycles. The molecule has 4 rings (SSSR count). The van der Waals surface area contributed by atoms with Crippen LogP contribution in [-0.4, -0.2) is 33.2 Å². The molecule has 0 spiro atoms. The number of carbonyl (C=O) groups excluding carboxylic acids is 1. The molecule has 4 heterocycles. The number of nitrogens with two attached hydrogens (primary N) is 1. The predicted octanol–water partition coefficient (Wildman–Crippen LogP) is 4.57. The van der Waals surface area contributed by atoms with Gasteiger partial charge in [-0.15, -0.1) is 11.3 Å². The largest absolute Gasteiger partial charge is 0.376 e. The molecule has 0 saturated carbocycles. The lowest BCUT2D eigenvalue weighted by atomic mass is 10.2. The summed E-state index contributed by atoms with van der Waals surface area (Å²) in [7, 11) is 0. The van der Waals surface area contributed by atoms with Gasteiger partial charge in [-0.2, -0.15) is 0 Å². The van der Waals surface area contributed by atoms with Crippen molar-refractivity contribution in [2.75, 3.05) is 6.61 Å². The van der Waals surface area contributed by atoms with Gasteiger partial charge in [-0.3, -0.25) is 4.79 Å². The van der Waals surface area contributed by atoms with E-state index >= 15 is 0 Å². The minimum Gasteiger partial charge on any atom is -0.376 e. The van der Waals surface area contributed by atoms with E-state index in [1.165, 1.54) is 11.3 Å². The Morgan fingerprint density at radius 2 is 2.07 bits per heavy atom. The molecule has 0 aliphatic carbocycles. The average molecular weight is 437 g/mol. The summed E-state index contributed by atoms with van der Waals surface area (Å²) >= 11 is 13.5. The molecule has 3 aromatic rings. The number of hydrogen-bond donors (Lipinski definition) is 1. The summed E-state index contributed by atoms with van der Waals surface area (Å²) in [5, 5.41) is 3.34. The van der Waals surface area contributed by atoms with Crippen molar-refractivity contribution in [3.63, 3.8) is 0 Å². The van der Waals surface area contributed by atoms with Crippen molar-refractivity contribution in [3.05, 3.63) is 45.1 Å². The molecule has 146 valence electrons. The quantitative estimate of drug-likeness (QED) is 0.593. The Bertz CT molecular complexity index is 1020. The van der Waals surface area contributed by atoms with Crippen molar-refractivity contribution >= 4 is 40.4 Å². The molecule has 1 aliphatic rings. The topological polar surface area (TPSA) is 83.0 Å². The standard InChI is InChI=1S/C19H18Cl2N4O2S/c1-10-13(18(22)26)7-15(25(10)8-12-3-2-4-27-12)14-9-28-19(23-14)11-5-16(20)24-17(21)6-11/h5-7,9,12H,2-4,8H2,1H3,(H2,22,26). The van der Waals surface area contributed by atoms with Crippen LogP contribution in [0.1, 0.15) is 28.9 Å². The van der Waals surface area contributed by atoms with Crippen molar-refractivity contribution < 1.29 is 9.53 Å². The summed E-state index contributed by atoms with van der Waals surface area (Å²) < 4.78 is 7.85. The molecule has 0 bridgehead atoms. The summed E-state index contributed by atoms with van der Waals surface area (Å²) in [6, 6.07) is 5.25. The number of primary amides is 1. The molecule has 1 fully saturated rings. The maximum Gasteiger partial charge on any atom is 0.250 e. The number of nitrogens with zero attached hydrogens (tertiary/aromatic N) is 3. The molecule has 0 aromatic carbocycles. The van der Waals surface area contributed by atoms with Crippen LogP contribution in [0.4, 0.5) is 0 Å². The summed E-state index contributed by atoms with van der Waals surface area (Å²) in [6.45, 7) is 3.33. The van der Waals surface area contributed by atoms with E-state index in [-0.39, 0.29) is 6.10 Å². The third-order valence-electron chi connectivity index (χ3n) is 4.82. The fourth-order valence-electron chi connectivity index (χ4n) is 3.45. The van der Waals surface area contributed by atoms with E-state index in [1.807, 2.05) is 12.3 Å². The van der Waals surface area contributed by atoms with Crippen molar-refractivity contribution in [2.45, 2.75) is 32.4 Å². The summed E-state index contributed by atoms with van der Waals surface area (Å²) in [5.41, 5.74) is 9.30. The molecular formula is C19H18Cl2N4O2S. The molecule has 2 N–H and O–H groups in total. The number of pyridine rings is 1. The van der Waals surface area contributed by atoms with Crippen LogP contribution >= 0.6 is 34.5 Å². The first-order chi connectivity index (χ1) is 13.4. The van der Waals surface area contributed by atoms with E-state index in [9.17, 15) is 4.79 Å². The number of carbonyl (C=O) groups is 1. The van der Waals surface area contributed by atoms with Gasteiger partial charge in [-0.25, -0.2) is 9.97 Å². The van der Waals surface area contributed by atoms with Crippen molar-refractivity contribution in [1.29, 1.82) is 0 Å². The van der Waals surface area contributed by atoms with E-state index < -0.39 is 5.91 Å². The number of amides is 1. The Kier molecular flexibility index (Phi) is 5.42. The van der Waals surface area contributed by atoms with Gasteiger partial charge >= 0.3 is 0 Å². The van der Waals surface area contributed by atoms with Gasteiger partial charge in [0.15, 0.2) is 0 Å². The first kappa shape index (κ1) is 19.4. The zero-order chi connectivity index (χ0) is 19.8. The lowest BCUT2D eigenvalue weighted by molar-refractivity contribution is 0.0961. The molecule has 1 aliphatic heterocycles. The first-order valence-corrected chi connectivity index (χ1v) is 10.5. The van der Waals surface area contributed by atoms with E-state index in [2.05, 4.69) is 9.55 Å². The highest BCUT2D eigenvalue weighted by Gasteiger charge is 2.23. The molecular weight excluding hydrogens is 419 g/mol. The van der Waals surface area contributed by atoms with E-state index in [0.717, 1.165) is 47.1 Å². The predicted molar refractivity (Wildman–Crippen MR) is 111 cm³/mol. The first-order valence-electron chi connectivity index (χ1n) is 8.83. The summed E-state index contributed by atoms with van der Waals surface area (Å²) in [5.74, 6) is -0.451. The molecule has 0 radical (unpaired) electrons. The summed E-state index contributed by atoms with van der Waals surface area (Å²) in [6.07, 6.45) is 2.17. The Morgan fingerprint density at radius 1 is 1.32 bits per heavy atom. The van der Waals surface area contributed by atoms with Gasteiger partial charge in [-0.05, 0) is 38.0 Å². The second-order valence-corrected chi connectivity index (χ2v) is 8.31. The molecule has 1 unspecified atom stereocenters. The van der Waals surface area contributed by atoms with Crippen LogP contribution in [0, 0.1) is 6.92 Å². The number of thiazole rings is 1. The highest BCUT2D eigenvalue weighted by Crippen LogP contribution is 2.33. The van der Waals surface area contributed by atoms with Crippen molar-refractivity contribution in [3.8, 4) is 22.0 Å². The van der Waals surface area contributed by atoms with Crippen LogP contribution in [0.2, 0.25) is 10.3 Å². The lowest BCUT2D eigenvalue weighted by Gasteiger charge is -2.15. The molecule has 28 heavy (non-hydrogen) atoms. The zero-order valence-electron chi connectivity index (χ0n) is 15.1. The second kappa shape index (κ2) is 7.83. The minimum absolute atomic E-state index is 0.126. The highest BCUT2D eigenvalue weighted by atomic mass is 35.5. The number of hydrogen-bond acceptors (Lipinski definition) is 5. The number of aromatic nitrogens is 3. The zero-order valence-corrected chi connectivity index (χ0v) is 17.4. The summed E-state index contributed by atoms with van der Waals surface area (Å²) in [4.78, 5) is 20.6. The maximum absolute atomic E-state index is 11.9. The van der Waals surface area contributed by atoms with Gasteiger partial charge in [0.1, 0.15) is 15.3 Å². The van der Waals surface area contributed by atoms with Crippen LogP contribution in [0.3, 0.4) is 0 Å². The SMILES string of the molecule is Cc1c(C(N)=O)cc(-c2csc(-c3cc(Cl)nc(Cl)c3)n2)n1CC1CCCO1. The second-order valence-electron chi connectivity index (χ2n) is 6.68. The number of rotatable bonds is 5. The Balaban J connectivity index is 1.75. The van der Waals surface area contributed by atoms with Gasteiger partial charge < -0.3 is 15.0 Å². The monoisotopic (exact) mass is 436 g/mol. The van der Waals surface area contributed by atoms with Crippen molar-refractivity contribution in [2.24, 2.45) is 5.73 Å². The Hall–Kier alpha value is -1.93. The maximum atomic E-state index is 11.9. The van der Waals surface area contributed by atoms with Gasteiger partial charge in [0.2, 0.25) is 0 Å². The van der Waals surface area contributed by atoms with Crippen LogP contribution < -0.4 is 5.73 Å².